The molecule has 0 saturated heterocycles. The minimum atomic E-state index is 0.145. The van der Waals surface area contributed by atoms with Gasteiger partial charge in [0.1, 0.15) is 6.07 Å². The van der Waals surface area contributed by atoms with E-state index < -0.39 is 0 Å². The lowest BCUT2D eigenvalue weighted by Gasteiger charge is -2.23. The predicted octanol–water partition coefficient (Wildman–Crippen LogP) is 3.14. The maximum absolute atomic E-state index is 9.04. The molecule has 1 aromatic rings. The monoisotopic (exact) mass is 296 g/mol. The smallest absolute Gasteiger partial charge is 0.101 e. The van der Waals surface area contributed by atoms with E-state index in [-0.39, 0.29) is 12.6 Å². The molecule has 1 aromatic carbocycles. The average molecular weight is 297 g/mol. The molecule has 0 aliphatic rings. The molecule has 1 rings (SSSR count). The maximum Gasteiger partial charge on any atom is 0.101 e. The van der Waals surface area contributed by atoms with Crippen LogP contribution >= 0.6 is 15.9 Å². The van der Waals surface area contributed by atoms with Crippen LogP contribution in [0.15, 0.2) is 22.7 Å². The molecule has 92 valence electrons. The number of hydrogen-bond acceptors (Lipinski definition) is 3. The zero-order valence-corrected chi connectivity index (χ0v) is 11.7. The summed E-state index contributed by atoms with van der Waals surface area (Å²) in [6.07, 6.45) is 0.676. The molecule has 0 spiro atoms. The van der Waals surface area contributed by atoms with E-state index in [2.05, 4.69) is 41.2 Å². The van der Waals surface area contributed by atoms with Gasteiger partial charge >= 0.3 is 0 Å². The number of rotatable bonds is 5. The highest BCUT2D eigenvalue weighted by Gasteiger charge is 2.14. The zero-order chi connectivity index (χ0) is 12.8. The van der Waals surface area contributed by atoms with E-state index in [0.717, 1.165) is 10.2 Å². The Morgan fingerprint density at radius 1 is 1.47 bits per heavy atom. The summed E-state index contributed by atoms with van der Waals surface area (Å²) < 4.78 is 0.936. The molecule has 0 radical (unpaired) electrons. The van der Waals surface area contributed by atoms with Crippen LogP contribution in [0.2, 0.25) is 0 Å². The first-order chi connectivity index (χ1) is 8.08. The molecule has 1 atom stereocenters. The molecule has 17 heavy (non-hydrogen) atoms. The molecule has 0 saturated carbocycles. The van der Waals surface area contributed by atoms with Gasteiger partial charge in [-0.3, -0.25) is 0 Å². The molecule has 0 aliphatic carbocycles. The van der Waals surface area contributed by atoms with Gasteiger partial charge in [0.05, 0.1) is 11.3 Å². The number of nitrogens with zero attached hydrogens (tertiary/aromatic N) is 1. The Labute approximate surface area is 111 Å². The van der Waals surface area contributed by atoms with E-state index in [0.29, 0.717) is 17.9 Å². The normalized spacial score (nSPS) is 12.2. The molecular formula is C13H17BrN2O. The van der Waals surface area contributed by atoms with Crippen molar-refractivity contribution in [2.45, 2.75) is 26.3 Å². The van der Waals surface area contributed by atoms with Gasteiger partial charge in [0.2, 0.25) is 0 Å². The van der Waals surface area contributed by atoms with E-state index in [4.69, 9.17) is 10.4 Å². The lowest BCUT2D eigenvalue weighted by atomic mass is 10.0. The summed E-state index contributed by atoms with van der Waals surface area (Å²) in [6, 6.07) is 7.85. The SMILES string of the molecule is CC(C)C(CCO)Nc1cc(Br)ccc1C#N. The Balaban J connectivity index is 2.92. The highest BCUT2D eigenvalue weighted by molar-refractivity contribution is 9.10. The van der Waals surface area contributed by atoms with Crippen molar-refractivity contribution in [2.75, 3.05) is 11.9 Å². The van der Waals surface area contributed by atoms with Crippen molar-refractivity contribution in [1.82, 2.24) is 0 Å². The van der Waals surface area contributed by atoms with Crippen LogP contribution < -0.4 is 5.32 Å². The number of halogens is 1. The minimum absolute atomic E-state index is 0.145. The average Bonchev–Trinajstić information content (AvgIpc) is 2.28. The molecule has 0 amide bonds. The lowest BCUT2D eigenvalue weighted by molar-refractivity contribution is 0.267. The highest BCUT2D eigenvalue weighted by atomic mass is 79.9. The molecule has 3 nitrogen and oxygen atoms in total. The van der Waals surface area contributed by atoms with Crippen molar-refractivity contribution < 1.29 is 5.11 Å². The molecular weight excluding hydrogens is 280 g/mol. The summed E-state index contributed by atoms with van der Waals surface area (Å²) in [5, 5.41) is 21.4. The Bertz CT molecular complexity index is 412. The first kappa shape index (κ1) is 14.0. The maximum atomic E-state index is 9.04. The third kappa shape index (κ3) is 4.03. The van der Waals surface area contributed by atoms with Crippen LogP contribution in [0.1, 0.15) is 25.8 Å². The molecule has 0 bridgehead atoms. The Kier molecular flexibility index (Phi) is 5.46. The number of hydrogen-bond donors (Lipinski definition) is 2. The van der Waals surface area contributed by atoms with Crippen LogP contribution in [0, 0.1) is 17.2 Å². The van der Waals surface area contributed by atoms with E-state index in [1.165, 1.54) is 0 Å². The summed E-state index contributed by atoms with van der Waals surface area (Å²) in [7, 11) is 0. The molecule has 0 aromatic heterocycles. The number of aliphatic hydroxyl groups is 1. The second-order valence-corrected chi connectivity index (χ2v) is 5.22. The minimum Gasteiger partial charge on any atom is -0.396 e. The topological polar surface area (TPSA) is 56.0 Å². The Hall–Kier alpha value is -1.05. The Morgan fingerprint density at radius 2 is 2.18 bits per heavy atom. The van der Waals surface area contributed by atoms with Gasteiger partial charge < -0.3 is 10.4 Å². The van der Waals surface area contributed by atoms with Crippen molar-refractivity contribution >= 4 is 21.6 Å². The van der Waals surface area contributed by atoms with Crippen molar-refractivity contribution in [1.29, 1.82) is 5.26 Å². The summed E-state index contributed by atoms with van der Waals surface area (Å²) >= 11 is 3.39. The zero-order valence-electron chi connectivity index (χ0n) is 10.1. The van der Waals surface area contributed by atoms with E-state index >= 15 is 0 Å². The van der Waals surface area contributed by atoms with Gasteiger partial charge in [0.25, 0.3) is 0 Å². The van der Waals surface area contributed by atoms with E-state index in [9.17, 15) is 0 Å². The van der Waals surface area contributed by atoms with E-state index in [1.54, 1.807) is 6.07 Å². The highest BCUT2D eigenvalue weighted by Crippen LogP contribution is 2.23. The van der Waals surface area contributed by atoms with Crippen LogP contribution in [0.4, 0.5) is 5.69 Å². The van der Waals surface area contributed by atoms with Crippen LogP contribution in [-0.2, 0) is 0 Å². The Morgan fingerprint density at radius 3 is 2.71 bits per heavy atom. The van der Waals surface area contributed by atoms with Gasteiger partial charge in [0, 0.05) is 17.1 Å². The fraction of sp³-hybridized carbons (Fsp3) is 0.462. The largest absolute Gasteiger partial charge is 0.396 e. The van der Waals surface area contributed by atoms with Gasteiger partial charge in [-0.15, -0.1) is 0 Å². The van der Waals surface area contributed by atoms with Crippen molar-refractivity contribution in [2.24, 2.45) is 5.92 Å². The second-order valence-electron chi connectivity index (χ2n) is 4.31. The third-order valence-electron chi connectivity index (χ3n) is 2.69. The number of benzene rings is 1. The van der Waals surface area contributed by atoms with Gasteiger partial charge in [0.15, 0.2) is 0 Å². The standard InChI is InChI=1S/C13H17BrN2O/c1-9(2)12(5-6-17)16-13-7-11(14)4-3-10(13)8-15/h3-4,7,9,12,16-17H,5-6H2,1-2H3. The molecule has 0 fully saturated rings. The second kappa shape index (κ2) is 6.63. The van der Waals surface area contributed by atoms with E-state index in [1.807, 2.05) is 12.1 Å². The lowest BCUT2D eigenvalue weighted by Crippen LogP contribution is -2.27. The van der Waals surface area contributed by atoms with Crippen molar-refractivity contribution in [3.63, 3.8) is 0 Å². The van der Waals surface area contributed by atoms with Gasteiger partial charge in [-0.1, -0.05) is 29.8 Å². The molecule has 0 aliphatic heterocycles. The van der Waals surface area contributed by atoms with Gasteiger partial charge in [-0.05, 0) is 30.5 Å². The van der Waals surface area contributed by atoms with Gasteiger partial charge in [-0.25, -0.2) is 0 Å². The first-order valence-corrected chi connectivity index (χ1v) is 6.44. The summed E-state index contributed by atoms with van der Waals surface area (Å²) in [5.74, 6) is 0.396. The fourth-order valence-corrected chi connectivity index (χ4v) is 2.01. The molecule has 0 heterocycles. The van der Waals surface area contributed by atoms with Crippen LogP contribution in [0.5, 0.6) is 0 Å². The first-order valence-electron chi connectivity index (χ1n) is 5.65. The quantitative estimate of drug-likeness (QED) is 0.878. The predicted molar refractivity (Wildman–Crippen MR) is 72.8 cm³/mol. The third-order valence-corrected chi connectivity index (χ3v) is 3.18. The molecule has 1 unspecified atom stereocenters. The van der Waals surface area contributed by atoms with Crippen molar-refractivity contribution in [3.05, 3.63) is 28.2 Å². The van der Waals surface area contributed by atoms with Gasteiger partial charge in [-0.2, -0.15) is 5.26 Å². The molecule has 2 N–H and O–H groups in total. The number of nitrogens with one attached hydrogen (secondary N) is 1. The number of aliphatic hydroxyl groups excluding tert-OH is 1. The number of anilines is 1. The fourth-order valence-electron chi connectivity index (χ4n) is 1.64. The summed E-state index contributed by atoms with van der Waals surface area (Å²) in [6.45, 7) is 4.33. The summed E-state index contributed by atoms with van der Waals surface area (Å²) in [5.41, 5.74) is 1.44. The summed E-state index contributed by atoms with van der Waals surface area (Å²) in [4.78, 5) is 0. The van der Waals surface area contributed by atoms with Crippen LogP contribution in [0.3, 0.4) is 0 Å². The van der Waals surface area contributed by atoms with Crippen molar-refractivity contribution in [3.8, 4) is 6.07 Å². The van der Waals surface area contributed by atoms with Crippen LogP contribution in [-0.4, -0.2) is 17.8 Å². The number of nitriles is 1. The molecule has 4 heteroatoms. The van der Waals surface area contributed by atoms with Crippen LogP contribution in [0.25, 0.3) is 0 Å².